The van der Waals surface area contributed by atoms with Crippen LogP contribution >= 0.6 is 0 Å². The van der Waals surface area contributed by atoms with Crippen LogP contribution in [0.15, 0.2) is 30.6 Å². The number of nitrogens with zero attached hydrogens (tertiary/aromatic N) is 2. The summed E-state index contributed by atoms with van der Waals surface area (Å²) in [6.45, 7) is 0.811. The van der Waals surface area contributed by atoms with Crippen LogP contribution in [0, 0.1) is 0 Å². The Bertz CT molecular complexity index is 743. The van der Waals surface area contributed by atoms with Gasteiger partial charge in [0.15, 0.2) is 11.5 Å². The summed E-state index contributed by atoms with van der Waals surface area (Å²) in [4.78, 5) is 12.5. The molecule has 0 aliphatic carbocycles. The number of nitrogens with one attached hydrogen (secondary N) is 1. The number of rotatable bonds is 3. The van der Waals surface area contributed by atoms with Gasteiger partial charge in [-0.3, -0.25) is 9.48 Å². The largest absolute Gasteiger partial charge is 0.454 e. The van der Waals surface area contributed by atoms with E-state index in [2.05, 4.69) is 10.4 Å². The molecule has 1 fully saturated rings. The van der Waals surface area contributed by atoms with Gasteiger partial charge in [-0.15, -0.1) is 0 Å². The molecule has 0 bridgehead atoms. The van der Waals surface area contributed by atoms with Crippen LogP contribution in [0.1, 0.15) is 28.4 Å². The van der Waals surface area contributed by atoms with Crippen LogP contribution in [-0.2, 0) is 11.8 Å². The number of aromatic nitrogens is 2. The Morgan fingerprint density at radius 3 is 3.04 bits per heavy atom. The molecular weight excluding hydrogens is 298 g/mol. The molecule has 2 aliphatic rings. The summed E-state index contributed by atoms with van der Waals surface area (Å²) >= 11 is 0. The van der Waals surface area contributed by atoms with Crippen molar-refractivity contribution in [3.63, 3.8) is 0 Å². The van der Waals surface area contributed by atoms with Crippen molar-refractivity contribution < 1.29 is 19.0 Å². The smallest absolute Gasteiger partial charge is 0.251 e. The van der Waals surface area contributed by atoms with Crippen molar-refractivity contribution in [3.8, 4) is 11.5 Å². The van der Waals surface area contributed by atoms with Gasteiger partial charge in [-0.1, -0.05) is 0 Å². The predicted octanol–water partition coefficient (Wildman–Crippen LogP) is 1.41. The summed E-state index contributed by atoms with van der Waals surface area (Å²) in [5, 5.41) is 7.21. The zero-order valence-electron chi connectivity index (χ0n) is 12.7. The van der Waals surface area contributed by atoms with E-state index in [4.69, 9.17) is 14.2 Å². The molecule has 0 unspecified atom stereocenters. The van der Waals surface area contributed by atoms with Gasteiger partial charge in [0.25, 0.3) is 5.91 Å². The number of aryl methyl sites for hydroxylation is 1. The molecule has 1 amide bonds. The topological polar surface area (TPSA) is 74.6 Å². The molecule has 7 nitrogen and oxygen atoms in total. The van der Waals surface area contributed by atoms with Crippen molar-refractivity contribution >= 4 is 5.91 Å². The minimum absolute atomic E-state index is 0.0721. The van der Waals surface area contributed by atoms with Gasteiger partial charge in [0, 0.05) is 31.0 Å². The average molecular weight is 315 g/mol. The van der Waals surface area contributed by atoms with Gasteiger partial charge in [0.05, 0.1) is 12.2 Å². The second-order valence-electron chi connectivity index (χ2n) is 5.68. The van der Waals surface area contributed by atoms with Gasteiger partial charge in [-0.05, 0) is 24.6 Å². The van der Waals surface area contributed by atoms with Crippen molar-refractivity contribution in [1.82, 2.24) is 15.1 Å². The lowest BCUT2D eigenvalue weighted by atomic mass is 10.0. The van der Waals surface area contributed by atoms with E-state index in [0.29, 0.717) is 23.7 Å². The maximum absolute atomic E-state index is 12.5. The Morgan fingerprint density at radius 1 is 1.35 bits per heavy atom. The summed E-state index contributed by atoms with van der Waals surface area (Å²) in [7, 11) is 1.86. The summed E-state index contributed by atoms with van der Waals surface area (Å²) in [6.07, 6.45) is 4.29. The molecule has 0 radical (unpaired) electrons. The number of carbonyl (C=O) groups is 1. The van der Waals surface area contributed by atoms with E-state index in [-0.39, 0.29) is 24.8 Å². The van der Waals surface area contributed by atoms with Crippen LogP contribution in [0.2, 0.25) is 0 Å². The fraction of sp³-hybridized carbons (Fsp3) is 0.375. The highest BCUT2D eigenvalue weighted by Gasteiger charge is 2.32. The van der Waals surface area contributed by atoms with Crippen LogP contribution in [-0.4, -0.2) is 35.1 Å². The molecule has 120 valence electrons. The SMILES string of the molecule is Cn1cc([C@H]2OCC[C@@H]2NC(=O)c2ccc3c(c2)OCO3)cn1. The minimum atomic E-state index is -0.165. The lowest BCUT2D eigenvalue weighted by Gasteiger charge is -2.19. The number of benzene rings is 1. The van der Waals surface area contributed by atoms with Crippen molar-refractivity contribution in [2.75, 3.05) is 13.4 Å². The molecule has 3 heterocycles. The molecule has 2 aromatic rings. The van der Waals surface area contributed by atoms with Crippen molar-refractivity contribution in [3.05, 3.63) is 41.7 Å². The van der Waals surface area contributed by atoms with Crippen LogP contribution < -0.4 is 14.8 Å². The zero-order chi connectivity index (χ0) is 15.8. The van der Waals surface area contributed by atoms with E-state index in [1.54, 1.807) is 29.1 Å². The minimum Gasteiger partial charge on any atom is -0.454 e. The predicted molar refractivity (Wildman–Crippen MR) is 80.3 cm³/mol. The van der Waals surface area contributed by atoms with Crippen LogP contribution in [0.4, 0.5) is 0 Å². The first-order chi connectivity index (χ1) is 11.2. The van der Waals surface area contributed by atoms with Crippen LogP contribution in [0.25, 0.3) is 0 Å². The first-order valence-electron chi connectivity index (χ1n) is 7.51. The number of ether oxygens (including phenoxy) is 3. The van der Waals surface area contributed by atoms with E-state index in [9.17, 15) is 4.79 Å². The van der Waals surface area contributed by atoms with Crippen molar-refractivity contribution in [2.45, 2.75) is 18.6 Å². The normalized spacial score (nSPS) is 22.3. The molecule has 0 saturated carbocycles. The van der Waals surface area contributed by atoms with Gasteiger partial charge in [-0.2, -0.15) is 5.10 Å². The lowest BCUT2D eigenvalue weighted by Crippen LogP contribution is -2.36. The van der Waals surface area contributed by atoms with Gasteiger partial charge in [0.1, 0.15) is 6.10 Å². The fourth-order valence-electron chi connectivity index (χ4n) is 2.94. The summed E-state index contributed by atoms with van der Waals surface area (Å²) in [6, 6.07) is 5.11. The first kappa shape index (κ1) is 14.1. The third kappa shape index (κ3) is 2.63. The van der Waals surface area contributed by atoms with Gasteiger partial charge in [-0.25, -0.2) is 0 Å². The Kier molecular flexibility index (Phi) is 3.42. The quantitative estimate of drug-likeness (QED) is 0.927. The zero-order valence-corrected chi connectivity index (χ0v) is 12.7. The van der Waals surface area contributed by atoms with E-state index in [1.165, 1.54) is 0 Å². The van der Waals surface area contributed by atoms with Crippen LogP contribution in [0.3, 0.4) is 0 Å². The number of hydrogen-bond donors (Lipinski definition) is 1. The van der Waals surface area contributed by atoms with Gasteiger partial charge >= 0.3 is 0 Å². The molecule has 1 aromatic heterocycles. The molecule has 1 N–H and O–H groups in total. The first-order valence-corrected chi connectivity index (χ1v) is 7.51. The van der Waals surface area contributed by atoms with Crippen LogP contribution in [0.5, 0.6) is 11.5 Å². The molecular formula is C16H17N3O4. The van der Waals surface area contributed by atoms with Gasteiger partial charge < -0.3 is 19.5 Å². The van der Waals surface area contributed by atoms with E-state index in [1.807, 2.05) is 13.2 Å². The van der Waals surface area contributed by atoms with Gasteiger partial charge in [0.2, 0.25) is 6.79 Å². The molecule has 1 saturated heterocycles. The van der Waals surface area contributed by atoms with E-state index < -0.39 is 0 Å². The molecule has 4 rings (SSSR count). The lowest BCUT2D eigenvalue weighted by molar-refractivity contribution is 0.0821. The fourth-order valence-corrected chi connectivity index (χ4v) is 2.94. The third-order valence-electron chi connectivity index (χ3n) is 4.10. The van der Waals surface area contributed by atoms with E-state index >= 15 is 0 Å². The molecule has 2 aliphatic heterocycles. The molecule has 0 spiro atoms. The molecule has 7 heteroatoms. The van der Waals surface area contributed by atoms with Crippen molar-refractivity contribution in [2.24, 2.45) is 7.05 Å². The third-order valence-corrected chi connectivity index (χ3v) is 4.10. The highest BCUT2D eigenvalue weighted by molar-refractivity contribution is 5.95. The van der Waals surface area contributed by atoms with E-state index in [0.717, 1.165) is 12.0 Å². The summed E-state index contributed by atoms with van der Waals surface area (Å²) < 4.78 is 18.1. The summed E-state index contributed by atoms with van der Waals surface area (Å²) in [5.74, 6) is 1.12. The maximum Gasteiger partial charge on any atom is 0.251 e. The highest BCUT2D eigenvalue weighted by atomic mass is 16.7. The Morgan fingerprint density at radius 2 is 2.22 bits per heavy atom. The standard InChI is InChI=1S/C16H17N3O4/c1-19-8-11(7-17-19)15-12(4-5-21-15)18-16(20)10-2-3-13-14(6-10)23-9-22-13/h2-3,6-8,12,15H,4-5,9H2,1H3,(H,18,20)/t12-,15+/m0/s1. The van der Waals surface area contributed by atoms with Crippen molar-refractivity contribution in [1.29, 1.82) is 0 Å². The number of carbonyl (C=O) groups excluding carboxylic acids is 1. The second kappa shape index (κ2) is 5.58. The summed E-state index contributed by atoms with van der Waals surface area (Å²) in [5.41, 5.74) is 1.52. The Labute approximate surface area is 133 Å². The highest BCUT2D eigenvalue weighted by Crippen LogP contribution is 2.33. The second-order valence-corrected chi connectivity index (χ2v) is 5.68. The number of amides is 1. The maximum atomic E-state index is 12.5. The number of hydrogen-bond acceptors (Lipinski definition) is 5. The number of fused-ring (bicyclic) bond motifs is 1. The Hall–Kier alpha value is -2.54. The average Bonchev–Trinajstić information content (AvgIpc) is 3.26. The molecule has 23 heavy (non-hydrogen) atoms. The monoisotopic (exact) mass is 315 g/mol. The Balaban J connectivity index is 1.49. The molecule has 1 aromatic carbocycles. The molecule has 2 atom stereocenters.